The van der Waals surface area contributed by atoms with E-state index >= 15 is 0 Å². The first-order valence-electron chi connectivity index (χ1n) is 11.1. The van der Waals surface area contributed by atoms with Crippen LogP contribution in [0.3, 0.4) is 0 Å². The van der Waals surface area contributed by atoms with Gasteiger partial charge in [-0.05, 0) is 61.3 Å². The van der Waals surface area contributed by atoms with Crippen molar-refractivity contribution >= 4 is 43.4 Å². The fraction of sp³-hybridized carbons (Fsp3) is 0.320. The van der Waals surface area contributed by atoms with E-state index in [1.54, 1.807) is 31.3 Å². The number of benzene rings is 2. The van der Waals surface area contributed by atoms with Crippen LogP contribution < -0.4 is 4.74 Å². The number of rotatable bonds is 5. The molecule has 2 aromatic carbocycles. The molecule has 2 aromatic heterocycles. The Morgan fingerprint density at radius 2 is 1.97 bits per heavy atom. The molecule has 1 aliphatic rings. The van der Waals surface area contributed by atoms with Gasteiger partial charge in [0.15, 0.2) is 9.84 Å². The number of nitrogens with one attached hydrogen (secondary N) is 1. The Labute approximate surface area is 198 Å². The van der Waals surface area contributed by atoms with Crippen molar-refractivity contribution in [2.24, 2.45) is 0 Å². The van der Waals surface area contributed by atoms with Crippen LogP contribution in [0, 0.1) is 0 Å². The Kier molecular flexibility index (Phi) is 5.80. The average molecular weight is 484 g/mol. The Bertz CT molecular complexity index is 1440. The Morgan fingerprint density at radius 1 is 1.18 bits per heavy atom. The van der Waals surface area contributed by atoms with Crippen molar-refractivity contribution in [2.45, 2.75) is 30.8 Å². The Balaban J connectivity index is 1.68. The van der Waals surface area contributed by atoms with Gasteiger partial charge in [-0.2, -0.15) is 0 Å². The topological polar surface area (TPSA) is 75.3 Å². The third-order valence-corrected chi connectivity index (χ3v) is 8.32. The second-order valence-electron chi connectivity index (χ2n) is 8.59. The molecule has 0 bridgehead atoms. The fourth-order valence-corrected chi connectivity index (χ4v) is 5.56. The highest BCUT2D eigenvalue weighted by Gasteiger charge is 2.22. The number of ether oxygens (including phenoxy) is 1. The predicted molar refractivity (Wildman–Crippen MR) is 133 cm³/mol. The number of aromatic amines is 1. The van der Waals surface area contributed by atoms with Crippen molar-refractivity contribution in [1.29, 1.82) is 0 Å². The van der Waals surface area contributed by atoms with E-state index in [4.69, 9.17) is 16.3 Å². The summed E-state index contributed by atoms with van der Waals surface area (Å²) < 4.78 is 31.4. The van der Waals surface area contributed by atoms with Crippen LogP contribution in [0.4, 0.5) is 0 Å². The van der Waals surface area contributed by atoms with Gasteiger partial charge in [0.1, 0.15) is 17.5 Å². The number of likely N-dealkylation sites (tertiary alicyclic amines) is 1. The van der Waals surface area contributed by atoms with Crippen LogP contribution in [0.5, 0.6) is 5.75 Å². The smallest absolute Gasteiger partial charge is 0.178 e. The maximum Gasteiger partial charge on any atom is 0.178 e. The molecular weight excluding hydrogens is 458 g/mol. The van der Waals surface area contributed by atoms with Gasteiger partial charge in [0, 0.05) is 30.1 Å². The summed E-state index contributed by atoms with van der Waals surface area (Å²) in [5.41, 5.74) is 3.29. The molecule has 4 aromatic rings. The van der Waals surface area contributed by atoms with E-state index in [1.807, 2.05) is 24.3 Å². The second-order valence-corrected chi connectivity index (χ2v) is 11.3. The summed E-state index contributed by atoms with van der Waals surface area (Å²) in [5.74, 6) is 0.830. The lowest BCUT2D eigenvalue weighted by Gasteiger charge is -2.29. The molecule has 0 atom stereocenters. The molecule has 6 nitrogen and oxygen atoms in total. The van der Waals surface area contributed by atoms with E-state index in [1.165, 1.54) is 0 Å². The first kappa shape index (κ1) is 22.2. The van der Waals surface area contributed by atoms with Crippen LogP contribution in [-0.2, 0) is 9.84 Å². The van der Waals surface area contributed by atoms with Crippen molar-refractivity contribution in [2.75, 3.05) is 25.9 Å². The number of aromatic nitrogens is 2. The number of hydrogen-bond acceptors (Lipinski definition) is 5. The molecule has 172 valence electrons. The summed E-state index contributed by atoms with van der Waals surface area (Å²) >= 11 is 6.30. The number of hydrogen-bond donors (Lipinski definition) is 1. The first-order valence-corrected chi connectivity index (χ1v) is 13.2. The molecular formula is C25H26ClN3O3S. The Morgan fingerprint density at radius 3 is 2.73 bits per heavy atom. The van der Waals surface area contributed by atoms with Gasteiger partial charge < -0.3 is 14.6 Å². The minimum atomic E-state index is -3.32. The molecule has 0 saturated carbocycles. The lowest BCUT2D eigenvalue weighted by atomic mass is 9.99. The summed E-state index contributed by atoms with van der Waals surface area (Å²) in [7, 11) is -1.19. The molecule has 0 radical (unpaired) electrons. The number of piperidine rings is 1. The third kappa shape index (κ3) is 4.21. The SMILES string of the molecule is CCS(=O)(=O)c1cccc(-c2ccc(OC3CCN(C)CC3)c3[nH]c4ncc(Cl)cc4c23)c1. The van der Waals surface area contributed by atoms with Gasteiger partial charge in [0.05, 0.1) is 21.2 Å². The quantitative estimate of drug-likeness (QED) is 0.416. The van der Waals surface area contributed by atoms with Crippen LogP contribution in [0.15, 0.2) is 53.6 Å². The second kappa shape index (κ2) is 8.63. The van der Waals surface area contributed by atoms with Gasteiger partial charge in [0.2, 0.25) is 0 Å². The highest BCUT2D eigenvalue weighted by molar-refractivity contribution is 7.91. The molecule has 1 saturated heterocycles. The van der Waals surface area contributed by atoms with E-state index in [0.717, 1.165) is 59.1 Å². The van der Waals surface area contributed by atoms with Crippen LogP contribution >= 0.6 is 11.6 Å². The van der Waals surface area contributed by atoms with E-state index < -0.39 is 9.84 Å². The zero-order chi connectivity index (χ0) is 23.2. The number of pyridine rings is 1. The van der Waals surface area contributed by atoms with Crippen molar-refractivity contribution in [3.05, 3.63) is 53.7 Å². The van der Waals surface area contributed by atoms with Crippen LogP contribution in [-0.4, -0.2) is 55.3 Å². The first-order chi connectivity index (χ1) is 15.9. The summed E-state index contributed by atoms with van der Waals surface area (Å²) in [6.07, 6.45) is 3.71. The highest BCUT2D eigenvalue weighted by Crippen LogP contribution is 2.40. The number of nitrogens with zero attached hydrogens (tertiary/aromatic N) is 2. The van der Waals surface area contributed by atoms with Crippen LogP contribution in [0.25, 0.3) is 33.1 Å². The largest absolute Gasteiger partial charge is 0.488 e. The molecule has 1 fully saturated rings. The molecule has 3 heterocycles. The summed E-state index contributed by atoms with van der Waals surface area (Å²) in [6.45, 7) is 3.67. The molecule has 8 heteroatoms. The van der Waals surface area contributed by atoms with Crippen molar-refractivity contribution in [3.63, 3.8) is 0 Å². The maximum atomic E-state index is 12.5. The zero-order valence-electron chi connectivity index (χ0n) is 18.6. The number of H-pyrrole nitrogens is 1. The molecule has 1 N–H and O–H groups in total. The van der Waals surface area contributed by atoms with Gasteiger partial charge >= 0.3 is 0 Å². The average Bonchev–Trinajstić information content (AvgIpc) is 3.20. The molecule has 5 rings (SSSR count). The van der Waals surface area contributed by atoms with Gasteiger partial charge in [0.25, 0.3) is 0 Å². The standard InChI is InChI=1S/C25H26ClN3O3S/c1-3-33(30,31)19-6-4-5-16(13-19)20-7-8-22(32-18-9-11-29(2)12-10-18)24-23(20)21-14-17(26)15-27-25(21)28-24/h4-8,13-15,18H,3,9-12H2,1-2H3,(H,27,28). The number of halogens is 1. The third-order valence-electron chi connectivity index (χ3n) is 6.38. The van der Waals surface area contributed by atoms with Crippen molar-refractivity contribution < 1.29 is 13.2 Å². The molecule has 0 unspecified atom stereocenters. The molecule has 0 spiro atoms. The zero-order valence-corrected chi connectivity index (χ0v) is 20.2. The molecule has 0 aliphatic carbocycles. The normalized spacial score (nSPS) is 16.0. The molecule has 0 amide bonds. The van der Waals surface area contributed by atoms with Gasteiger partial charge in [-0.1, -0.05) is 30.7 Å². The van der Waals surface area contributed by atoms with Crippen molar-refractivity contribution in [3.8, 4) is 16.9 Å². The number of fused-ring (bicyclic) bond motifs is 3. The van der Waals surface area contributed by atoms with Crippen LogP contribution in [0.2, 0.25) is 5.02 Å². The van der Waals surface area contributed by atoms with E-state index in [-0.39, 0.29) is 11.9 Å². The highest BCUT2D eigenvalue weighted by atomic mass is 35.5. The lowest BCUT2D eigenvalue weighted by molar-refractivity contribution is 0.115. The van der Waals surface area contributed by atoms with E-state index in [2.05, 4.69) is 21.9 Å². The fourth-order valence-electron chi connectivity index (χ4n) is 4.48. The maximum absolute atomic E-state index is 12.5. The molecule has 33 heavy (non-hydrogen) atoms. The summed E-state index contributed by atoms with van der Waals surface area (Å²) in [4.78, 5) is 10.5. The predicted octanol–water partition coefficient (Wildman–Crippen LogP) is 5.30. The van der Waals surface area contributed by atoms with Gasteiger partial charge in [-0.3, -0.25) is 0 Å². The number of sulfone groups is 1. The lowest BCUT2D eigenvalue weighted by Crippen LogP contribution is -2.35. The Hall–Kier alpha value is -2.61. The monoisotopic (exact) mass is 483 g/mol. The minimum Gasteiger partial charge on any atom is -0.488 e. The van der Waals surface area contributed by atoms with E-state index in [9.17, 15) is 8.42 Å². The molecule has 1 aliphatic heterocycles. The van der Waals surface area contributed by atoms with Crippen LogP contribution in [0.1, 0.15) is 19.8 Å². The van der Waals surface area contributed by atoms with E-state index in [0.29, 0.717) is 15.6 Å². The van der Waals surface area contributed by atoms with Gasteiger partial charge in [-0.15, -0.1) is 0 Å². The summed E-state index contributed by atoms with van der Waals surface area (Å²) in [5, 5.41) is 2.35. The summed E-state index contributed by atoms with van der Waals surface area (Å²) in [6, 6.07) is 12.9. The van der Waals surface area contributed by atoms with Gasteiger partial charge in [-0.25, -0.2) is 13.4 Å². The van der Waals surface area contributed by atoms with Crippen molar-refractivity contribution in [1.82, 2.24) is 14.9 Å². The minimum absolute atomic E-state index is 0.0574.